The minimum absolute atomic E-state index is 0.345. The van der Waals surface area contributed by atoms with Crippen molar-refractivity contribution in [1.82, 2.24) is 5.32 Å². The summed E-state index contributed by atoms with van der Waals surface area (Å²) in [5.74, 6) is -0.734. The van der Waals surface area contributed by atoms with Crippen LogP contribution in [-0.2, 0) is 6.42 Å². The first-order chi connectivity index (χ1) is 7.63. The van der Waals surface area contributed by atoms with Crippen molar-refractivity contribution in [2.75, 3.05) is 13.6 Å². The van der Waals surface area contributed by atoms with E-state index in [1.165, 1.54) is 12.1 Å². The summed E-state index contributed by atoms with van der Waals surface area (Å²) in [4.78, 5) is 0. The number of nitrogens with one attached hydrogen (secondary N) is 1. The fraction of sp³-hybridized carbons (Fsp3) is 0.385. The number of allylic oxidation sites excluding steroid dienone is 1. The van der Waals surface area contributed by atoms with Gasteiger partial charge in [0.15, 0.2) is 0 Å². The summed E-state index contributed by atoms with van der Waals surface area (Å²) in [6, 6.07) is 3.56. The molecule has 0 amide bonds. The lowest BCUT2D eigenvalue weighted by atomic mass is 10.0. The third-order valence-electron chi connectivity index (χ3n) is 2.36. The normalized spacial score (nSPS) is 11.9. The Balaban J connectivity index is 2.65. The van der Waals surface area contributed by atoms with Crippen molar-refractivity contribution in [3.63, 3.8) is 0 Å². The Labute approximate surface area is 95.2 Å². The van der Waals surface area contributed by atoms with Crippen LogP contribution >= 0.6 is 0 Å². The lowest BCUT2D eigenvalue weighted by Gasteiger charge is -2.04. The molecule has 0 fully saturated rings. The van der Waals surface area contributed by atoms with E-state index in [2.05, 4.69) is 5.32 Å². The highest BCUT2D eigenvalue weighted by Crippen LogP contribution is 2.14. The van der Waals surface area contributed by atoms with Gasteiger partial charge in [-0.15, -0.1) is 0 Å². The van der Waals surface area contributed by atoms with Crippen LogP contribution in [0.1, 0.15) is 18.9 Å². The minimum Gasteiger partial charge on any atom is -0.319 e. The third kappa shape index (κ3) is 4.11. The van der Waals surface area contributed by atoms with Gasteiger partial charge in [0.2, 0.25) is 0 Å². The van der Waals surface area contributed by atoms with Gasteiger partial charge in [0.1, 0.15) is 11.6 Å². The largest absolute Gasteiger partial charge is 0.319 e. The molecular formula is C13H17F2N. The summed E-state index contributed by atoms with van der Waals surface area (Å²) < 4.78 is 26.2. The van der Waals surface area contributed by atoms with Gasteiger partial charge in [-0.1, -0.05) is 11.6 Å². The van der Waals surface area contributed by atoms with Crippen LogP contribution < -0.4 is 5.32 Å². The first-order valence-electron chi connectivity index (χ1n) is 5.37. The van der Waals surface area contributed by atoms with Gasteiger partial charge in [0.05, 0.1) is 0 Å². The Morgan fingerprint density at radius 1 is 1.38 bits per heavy atom. The molecule has 1 aromatic rings. The minimum atomic E-state index is -0.389. The van der Waals surface area contributed by atoms with Crippen molar-refractivity contribution in [3.8, 4) is 0 Å². The van der Waals surface area contributed by atoms with Crippen LogP contribution in [0.4, 0.5) is 8.78 Å². The van der Waals surface area contributed by atoms with Crippen LogP contribution in [0, 0.1) is 11.6 Å². The molecule has 0 saturated carbocycles. The van der Waals surface area contributed by atoms with Crippen molar-refractivity contribution in [3.05, 3.63) is 47.0 Å². The second-order valence-electron chi connectivity index (χ2n) is 3.86. The van der Waals surface area contributed by atoms with Crippen LogP contribution in [0.15, 0.2) is 29.8 Å². The molecule has 0 aromatic heterocycles. The van der Waals surface area contributed by atoms with E-state index < -0.39 is 0 Å². The van der Waals surface area contributed by atoms with E-state index in [4.69, 9.17) is 0 Å². The zero-order valence-electron chi connectivity index (χ0n) is 9.69. The van der Waals surface area contributed by atoms with Crippen molar-refractivity contribution in [1.29, 1.82) is 0 Å². The van der Waals surface area contributed by atoms with Crippen molar-refractivity contribution in [2.24, 2.45) is 0 Å². The molecule has 0 radical (unpaired) electrons. The Hall–Kier alpha value is -1.22. The predicted molar refractivity (Wildman–Crippen MR) is 62.4 cm³/mol. The summed E-state index contributed by atoms with van der Waals surface area (Å²) in [5.41, 5.74) is 1.47. The molecule has 0 bridgehead atoms. The van der Waals surface area contributed by atoms with Crippen LogP contribution in [0.3, 0.4) is 0 Å². The zero-order valence-corrected chi connectivity index (χ0v) is 9.69. The Kier molecular flexibility index (Phi) is 5.12. The molecule has 0 aliphatic carbocycles. The maximum Gasteiger partial charge on any atom is 0.126 e. The quantitative estimate of drug-likeness (QED) is 0.600. The Bertz CT molecular complexity index is 372. The van der Waals surface area contributed by atoms with Crippen LogP contribution in [0.5, 0.6) is 0 Å². The molecule has 0 heterocycles. The van der Waals surface area contributed by atoms with Gasteiger partial charge in [-0.2, -0.15) is 0 Å². The van der Waals surface area contributed by atoms with E-state index in [1.807, 2.05) is 20.0 Å². The van der Waals surface area contributed by atoms with Gasteiger partial charge < -0.3 is 5.32 Å². The fourth-order valence-corrected chi connectivity index (χ4v) is 1.51. The van der Waals surface area contributed by atoms with Crippen LogP contribution in [0.2, 0.25) is 0 Å². The molecule has 1 N–H and O–H groups in total. The first-order valence-corrected chi connectivity index (χ1v) is 5.37. The molecule has 1 aromatic carbocycles. The number of rotatable bonds is 5. The zero-order chi connectivity index (χ0) is 12.0. The van der Waals surface area contributed by atoms with Gasteiger partial charge in [0, 0.05) is 0 Å². The number of benzene rings is 1. The van der Waals surface area contributed by atoms with Gasteiger partial charge >= 0.3 is 0 Å². The molecule has 0 atom stereocenters. The van der Waals surface area contributed by atoms with E-state index in [-0.39, 0.29) is 11.6 Å². The second-order valence-corrected chi connectivity index (χ2v) is 3.86. The molecule has 1 rings (SSSR count). The van der Waals surface area contributed by atoms with Gasteiger partial charge in [-0.3, -0.25) is 0 Å². The maximum absolute atomic E-state index is 13.3. The summed E-state index contributed by atoms with van der Waals surface area (Å²) in [7, 11) is 1.88. The number of halogens is 2. The SMILES string of the molecule is CNCCC=C(C)Cc1cc(F)ccc1F. The van der Waals surface area contributed by atoms with E-state index in [1.54, 1.807) is 0 Å². The molecule has 0 aliphatic heterocycles. The van der Waals surface area contributed by atoms with Gasteiger partial charge in [-0.05, 0) is 57.1 Å². The van der Waals surface area contributed by atoms with Gasteiger partial charge in [-0.25, -0.2) is 8.78 Å². The molecule has 0 aliphatic rings. The third-order valence-corrected chi connectivity index (χ3v) is 2.36. The second kappa shape index (κ2) is 6.38. The molecule has 1 nitrogen and oxygen atoms in total. The molecule has 0 unspecified atom stereocenters. The van der Waals surface area contributed by atoms with Crippen LogP contribution in [0.25, 0.3) is 0 Å². The Morgan fingerprint density at radius 2 is 2.12 bits per heavy atom. The summed E-state index contributed by atoms with van der Waals surface area (Å²) >= 11 is 0. The topological polar surface area (TPSA) is 12.0 Å². The van der Waals surface area contributed by atoms with Crippen molar-refractivity contribution < 1.29 is 8.78 Å². The highest BCUT2D eigenvalue weighted by Gasteiger charge is 2.04. The number of hydrogen-bond acceptors (Lipinski definition) is 1. The first kappa shape index (κ1) is 12.8. The summed E-state index contributed by atoms with van der Waals surface area (Å²) in [5, 5.41) is 3.03. The standard InChI is InChI=1S/C13H17F2N/c1-10(4-3-7-16-2)8-11-9-12(14)5-6-13(11)15/h4-6,9,16H,3,7-8H2,1-2H3. The smallest absolute Gasteiger partial charge is 0.126 e. The molecular weight excluding hydrogens is 208 g/mol. The number of hydrogen-bond donors (Lipinski definition) is 1. The van der Waals surface area contributed by atoms with Crippen LogP contribution in [-0.4, -0.2) is 13.6 Å². The highest BCUT2D eigenvalue weighted by atomic mass is 19.1. The monoisotopic (exact) mass is 225 g/mol. The molecule has 0 saturated heterocycles. The average Bonchev–Trinajstić information content (AvgIpc) is 2.24. The Morgan fingerprint density at radius 3 is 2.81 bits per heavy atom. The van der Waals surface area contributed by atoms with Crippen molar-refractivity contribution in [2.45, 2.75) is 19.8 Å². The molecule has 16 heavy (non-hydrogen) atoms. The fourth-order valence-electron chi connectivity index (χ4n) is 1.51. The highest BCUT2D eigenvalue weighted by molar-refractivity contribution is 5.23. The summed E-state index contributed by atoms with van der Waals surface area (Å²) in [6.45, 7) is 2.82. The van der Waals surface area contributed by atoms with E-state index >= 15 is 0 Å². The lowest BCUT2D eigenvalue weighted by Crippen LogP contribution is -2.06. The van der Waals surface area contributed by atoms with E-state index in [0.29, 0.717) is 12.0 Å². The van der Waals surface area contributed by atoms with E-state index in [9.17, 15) is 8.78 Å². The maximum atomic E-state index is 13.3. The van der Waals surface area contributed by atoms with Crippen molar-refractivity contribution >= 4 is 0 Å². The average molecular weight is 225 g/mol. The molecule has 0 spiro atoms. The molecule has 3 heteroatoms. The summed E-state index contributed by atoms with van der Waals surface area (Å²) in [6.07, 6.45) is 3.41. The van der Waals surface area contributed by atoms with E-state index in [0.717, 1.165) is 24.6 Å². The predicted octanol–water partition coefficient (Wildman–Crippen LogP) is 3.06. The molecule has 88 valence electrons. The van der Waals surface area contributed by atoms with Gasteiger partial charge in [0.25, 0.3) is 0 Å². The lowest BCUT2D eigenvalue weighted by molar-refractivity contribution is 0.588.